The van der Waals surface area contributed by atoms with E-state index < -0.39 is 0 Å². The highest BCUT2D eigenvalue weighted by Gasteiger charge is 2.10. The molecule has 1 heterocycles. The van der Waals surface area contributed by atoms with Crippen LogP contribution in [-0.4, -0.2) is 4.98 Å². The number of H-pyrrole nitrogens is 1. The summed E-state index contributed by atoms with van der Waals surface area (Å²) in [5.41, 5.74) is 4.91. The van der Waals surface area contributed by atoms with Crippen LogP contribution in [0, 0.1) is 0 Å². The Hall–Kier alpha value is -3.58. The van der Waals surface area contributed by atoms with Gasteiger partial charge in [-0.15, -0.1) is 0 Å². The van der Waals surface area contributed by atoms with Gasteiger partial charge in [-0.2, -0.15) is 0 Å². The van der Waals surface area contributed by atoms with E-state index in [1.807, 2.05) is 0 Å². The quantitative estimate of drug-likeness (QED) is 0.322. The van der Waals surface area contributed by atoms with Gasteiger partial charge in [0.25, 0.3) is 0 Å². The van der Waals surface area contributed by atoms with Gasteiger partial charge in [-0.3, -0.25) is 0 Å². The Bertz CT molecular complexity index is 1460. The molecule has 1 aromatic heterocycles. The van der Waals surface area contributed by atoms with Crippen LogP contribution in [0.3, 0.4) is 0 Å². The molecule has 0 aliphatic carbocycles. The average Bonchev–Trinajstić information content (AvgIpc) is 3.10. The molecule has 0 bridgehead atoms. The van der Waals surface area contributed by atoms with Crippen molar-refractivity contribution in [2.24, 2.45) is 0 Å². The van der Waals surface area contributed by atoms with Crippen molar-refractivity contribution < 1.29 is 0 Å². The van der Waals surface area contributed by atoms with E-state index in [1.165, 1.54) is 54.5 Å². The maximum Gasteiger partial charge on any atom is 0.0544 e. The van der Waals surface area contributed by atoms with Gasteiger partial charge in [-0.25, -0.2) is 0 Å². The Morgan fingerprint density at radius 3 is 2.04 bits per heavy atom. The molecule has 0 amide bonds. The van der Waals surface area contributed by atoms with Crippen LogP contribution in [0.5, 0.6) is 0 Å². The molecule has 1 heteroatoms. The van der Waals surface area contributed by atoms with Gasteiger partial charge in [0, 0.05) is 21.7 Å². The lowest BCUT2D eigenvalue weighted by Gasteiger charge is -2.05. The van der Waals surface area contributed by atoms with Crippen molar-refractivity contribution in [2.45, 2.75) is 0 Å². The number of aromatic nitrogens is 1. The molecule has 0 aliphatic heterocycles. The molecule has 0 saturated carbocycles. The van der Waals surface area contributed by atoms with Gasteiger partial charge in [0.1, 0.15) is 0 Å². The number of benzene rings is 5. The highest BCUT2D eigenvalue weighted by atomic mass is 14.7. The van der Waals surface area contributed by atoms with Crippen molar-refractivity contribution in [1.29, 1.82) is 0 Å². The van der Waals surface area contributed by atoms with Crippen molar-refractivity contribution in [3.05, 3.63) is 97.1 Å². The van der Waals surface area contributed by atoms with Gasteiger partial charge < -0.3 is 4.98 Å². The molecule has 0 aliphatic rings. The van der Waals surface area contributed by atoms with E-state index in [0.29, 0.717) is 0 Å². The Labute approximate surface area is 156 Å². The van der Waals surface area contributed by atoms with E-state index in [-0.39, 0.29) is 0 Å². The zero-order chi connectivity index (χ0) is 17.8. The highest BCUT2D eigenvalue weighted by molar-refractivity contribution is 6.19. The summed E-state index contributed by atoms with van der Waals surface area (Å²) in [4.78, 5) is 3.69. The second-order valence-corrected chi connectivity index (χ2v) is 7.16. The SMILES string of the molecule is c1ccc(-c2ccc3ccc4c5cc6ccccc6cc5[nH]c4c3c2)cc1. The first-order chi connectivity index (χ1) is 13.4. The predicted molar refractivity (Wildman–Crippen MR) is 116 cm³/mol. The first kappa shape index (κ1) is 14.6. The van der Waals surface area contributed by atoms with Crippen LogP contribution in [0.2, 0.25) is 0 Å². The van der Waals surface area contributed by atoms with Crippen LogP contribution in [-0.2, 0) is 0 Å². The molecular formula is C26H17N. The maximum atomic E-state index is 3.69. The van der Waals surface area contributed by atoms with Crippen molar-refractivity contribution >= 4 is 43.4 Å². The average molecular weight is 343 g/mol. The standard InChI is InChI=1S/C26H17N/c1-2-6-17(7-3-1)21-11-10-18-12-13-22-24-15-19-8-4-5-9-20(19)16-25(24)27-26(22)23(18)14-21/h1-16,27H. The fourth-order valence-electron chi connectivity index (χ4n) is 4.19. The zero-order valence-electron chi connectivity index (χ0n) is 14.7. The van der Waals surface area contributed by atoms with E-state index in [4.69, 9.17) is 0 Å². The predicted octanol–water partition coefficient (Wildman–Crippen LogP) is 7.29. The number of hydrogen-bond donors (Lipinski definition) is 1. The summed E-state index contributed by atoms with van der Waals surface area (Å²) in [6.07, 6.45) is 0. The monoisotopic (exact) mass is 343 g/mol. The molecule has 0 radical (unpaired) electrons. The minimum atomic E-state index is 1.20. The summed E-state index contributed by atoms with van der Waals surface area (Å²) >= 11 is 0. The molecule has 6 aromatic rings. The van der Waals surface area contributed by atoms with Crippen molar-refractivity contribution in [3.8, 4) is 11.1 Å². The van der Waals surface area contributed by atoms with Gasteiger partial charge in [-0.1, -0.05) is 78.9 Å². The van der Waals surface area contributed by atoms with E-state index in [1.54, 1.807) is 0 Å². The molecule has 1 N–H and O–H groups in total. The second-order valence-electron chi connectivity index (χ2n) is 7.16. The maximum absolute atomic E-state index is 3.69. The number of aromatic amines is 1. The van der Waals surface area contributed by atoms with Crippen LogP contribution in [0.4, 0.5) is 0 Å². The minimum absolute atomic E-state index is 1.20. The van der Waals surface area contributed by atoms with E-state index in [9.17, 15) is 0 Å². The lowest BCUT2D eigenvalue weighted by molar-refractivity contribution is 1.57. The smallest absolute Gasteiger partial charge is 0.0544 e. The Morgan fingerprint density at radius 1 is 0.444 bits per heavy atom. The molecule has 0 atom stereocenters. The molecule has 5 aromatic carbocycles. The molecule has 126 valence electrons. The van der Waals surface area contributed by atoms with Crippen molar-refractivity contribution in [2.75, 3.05) is 0 Å². The lowest BCUT2D eigenvalue weighted by Crippen LogP contribution is -1.80. The van der Waals surface area contributed by atoms with Gasteiger partial charge in [0.15, 0.2) is 0 Å². The number of rotatable bonds is 1. The van der Waals surface area contributed by atoms with Crippen LogP contribution in [0.15, 0.2) is 97.1 Å². The van der Waals surface area contributed by atoms with Crippen LogP contribution in [0.25, 0.3) is 54.5 Å². The van der Waals surface area contributed by atoms with Crippen molar-refractivity contribution in [1.82, 2.24) is 4.98 Å². The normalized spacial score (nSPS) is 11.7. The fourth-order valence-corrected chi connectivity index (χ4v) is 4.19. The summed E-state index contributed by atoms with van der Waals surface area (Å²) < 4.78 is 0. The molecule has 0 fully saturated rings. The van der Waals surface area contributed by atoms with Crippen LogP contribution < -0.4 is 0 Å². The Kier molecular flexibility index (Phi) is 2.95. The van der Waals surface area contributed by atoms with E-state index in [0.717, 1.165) is 0 Å². The lowest BCUT2D eigenvalue weighted by atomic mass is 9.99. The van der Waals surface area contributed by atoms with E-state index >= 15 is 0 Å². The molecule has 0 spiro atoms. The highest BCUT2D eigenvalue weighted by Crippen LogP contribution is 2.35. The Morgan fingerprint density at radius 2 is 1.19 bits per heavy atom. The molecule has 1 nitrogen and oxygen atoms in total. The summed E-state index contributed by atoms with van der Waals surface area (Å²) in [6.45, 7) is 0. The third-order valence-corrected chi connectivity index (χ3v) is 5.56. The van der Waals surface area contributed by atoms with Gasteiger partial charge in [0.2, 0.25) is 0 Å². The largest absolute Gasteiger partial charge is 0.354 e. The zero-order valence-corrected chi connectivity index (χ0v) is 14.7. The van der Waals surface area contributed by atoms with Gasteiger partial charge >= 0.3 is 0 Å². The molecular weight excluding hydrogens is 326 g/mol. The summed E-state index contributed by atoms with van der Waals surface area (Å²) in [6, 6.07) is 34.9. The van der Waals surface area contributed by atoms with Gasteiger partial charge in [-0.05, 0) is 45.5 Å². The molecule has 0 unspecified atom stereocenters. The topological polar surface area (TPSA) is 15.8 Å². The van der Waals surface area contributed by atoms with Crippen LogP contribution in [0.1, 0.15) is 0 Å². The third kappa shape index (κ3) is 2.18. The second kappa shape index (κ2) is 5.46. The van der Waals surface area contributed by atoms with Crippen LogP contribution >= 0.6 is 0 Å². The third-order valence-electron chi connectivity index (χ3n) is 5.56. The van der Waals surface area contributed by atoms with Crippen molar-refractivity contribution in [3.63, 3.8) is 0 Å². The van der Waals surface area contributed by atoms with E-state index in [2.05, 4.69) is 102 Å². The van der Waals surface area contributed by atoms with Gasteiger partial charge in [0.05, 0.1) is 5.52 Å². The molecule has 6 rings (SSSR count). The first-order valence-electron chi connectivity index (χ1n) is 9.29. The number of nitrogens with one attached hydrogen (secondary N) is 1. The molecule has 27 heavy (non-hydrogen) atoms. The number of hydrogen-bond acceptors (Lipinski definition) is 0. The summed E-state index contributed by atoms with van der Waals surface area (Å²) in [7, 11) is 0. The summed E-state index contributed by atoms with van der Waals surface area (Å²) in [5.74, 6) is 0. The fraction of sp³-hybridized carbons (Fsp3) is 0. The summed E-state index contributed by atoms with van der Waals surface area (Å²) in [5, 5.41) is 7.66. The first-order valence-corrected chi connectivity index (χ1v) is 9.29. The minimum Gasteiger partial charge on any atom is -0.354 e. The number of fused-ring (bicyclic) bond motifs is 6. The molecule has 0 saturated heterocycles. The Balaban J connectivity index is 1.71.